The van der Waals surface area contributed by atoms with Gasteiger partial charge < -0.3 is 10.6 Å². The van der Waals surface area contributed by atoms with E-state index in [4.69, 9.17) is 5.73 Å². The monoisotopic (exact) mass is 158 g/mol. The Bertz CT molecular complexity index is 143. The maximum atomic E-state index is 11.2. The molecular weight excluding hydrogens is 140 g/mol. The van der Waals surface area contributed by atoms with Crippen LogP contribution in [0, 0.1) is 0 Å². The summed E-state index contributed by atoms with van der Waals surface area (Å²) in [7, 11) is 1.79. The number of rotatable bonds is 3. The van der Waals surface area contributed by atoms with Crippen LogP contribution >= 0.6 is 0 Å². The largest absolute Gasteiger partial charge is 0.339 e. The molecule has 0 aromatic carbocycles. The Hall–Kier alpha value is -0.570. The van der Waals surface area contributed by atoms with Crippen LogP contribution in [0.5, 0.6) is 0 Å². The van der Waals surface area contributed by atoms with Gasteiger partial charge in [0.05, 0.1) is 0 Å². The Kier molecular flexibility index (Phi) is 3.52. The minimum atomic E-state index is -0.215. The fourth-order valence-electron chi connectivity index (χ4n) is 0.712. The highest BCUT2D eigenvalue weighted by Crippen LogP contribution is 2.10. The van der Waals surface area contributed by atoms with Gasteiger partial charge in [-0.1, -0.05) is 6.92 Å². The molecule has 0 aliphatic heterocycles. The normalized spacial score (nSPS) is 11.4. The lowest BCUT2D eigenvalue weighted by atomic mass is 10.0. The molecule has 66 valence electrons. The van der Waals surface area contributed by atoms with Crippen LogP contribution in [0.15, 0.2) is 0 Å². The maximum Gasteiger partial charge on any atom is 0.222 e. The highest BCUT2D eigenvalue weighted by atomic mass is 16.2. The summed E-state index contributed by atoms with van der Waals surface area (Å²) in [6.45, 7) is 6.27. The summed E-state index contributed by atoms with van der Waals surface area (Å²) >= 11 is 0. The van der Waals surface area contributed by atoms with Gasteiger partial charge in [-0.05, 0) is 13.8 Å². The molecule has 3 heteroatoms. The van der Waals surface area contributed by atoms with Gasteiger partial charge in [-0.3, -0.25) is 4.79 Å². The lowest BCUT2D eigenvalue weighted by Crippen LogP contribution is -2.49. The summed E-state index contributed by atoms with van der Waals surface area (Å²) in [5.74, 6) is 0.139. The van der Waals surface area contributed by atoms with Crippen LogP contribution < -0.4 is 5.73 Å². The Morgan fingerprint density at radius 3 is 2.27 bits per heavy atom. The van der Waals surface area contributed by atoms with E-state index >= 15 is 0 Å². The van der Waals surface area contributed by atoms with Gasteiger partial charge >= 0.3 is 0 Å². The predicted octanol–water partition coefficient (Wildman–Crippen LogP) is 0.592. The molecule has 0 saturated carbocycles. The van der Waals surface area contributed by atoms with Crippen molar-refractivity contribution in [3.05, 3.63) is 0 Å². The van der Waals surface area contributed by atoms with Crippen LogP contribution in [0.2, 0.25) is 0 Å². The van der Waals surface area contributed by atoms with Crippen molar-refractivity contribution >= 4 is 5.91 Å². The van der Waals surface area contributed by atoms with E-state index in [0.717, 1.165) is 0 Å². The van der Waals surface area contributed by atoms with Gasteiger partial charge in [0, 0.05) is 25.6 Å². The van der Waals surface area contributed by atoms with Gasteiger partial charge in [0.1, 0.15) is 0 Å². The highest BCUT2D eigenvalue weighted by Gasteiger charge is 2.24. The van der Waals surface area contributed by atoms with E-state index in [0.29, 0.717) is 13.0 Å². The van der Waals surface area contributed by atoms with Gasteiger partial charge in [0.25, 0.3) is 0 Å². The number of carbonyl (C=O) groups excluding carboxylic acids is 1. The van der Waals surface area contributed by atoms with Crippen molar-refractivity contribution in [3.8, 4) is 0 Å². The number of hydrogen-bond donors (Lipinski definition) is 1. The third-order valence-corrected chi connectivity index (χ3v) is 2.08. The number of amides is 1. The van der Waals surface area contributed by atoms with Crippen molar-refractivity contribution in [2.45, 2.75) is 32.7 Å². The molecule has 0 rings (SSSR count). The number of nitrogens with two attached hydrogens (primary N) is 1. The first-order valence-corrected chi connectivity index (χ1v) is 3.92. The van der Waals surface area contributed by atoms with Gasteiger partial charge in [-0.15, -0.1) is 0 Å². The number of carbonyl (C=O) groups is 1. The third kappa shape index (κ3) is 2.50. The van der Waals surface area contributed by atoms with Crippen LogP contribution in [0.1, 0.15) is 27.2 Å². The molecule has 2 N–H and O–H groups in total. The van der Waals surface area contributed by atoms with Crippen LogP contribution in [-0.2, 0) is 4.79 Å². The fraction of sp³-hybridized carbons (Fsp3) is 0.875. The molecular formula is C8H18N2O. The van der Waals surface area contributed by atoms with Crippen molar-refractivity contribution in [2.75, 3.05) is 13.6 Å². The minimum absolute atomic E-state index is 0.139. The van der Waals surface area contributed by atoms with Crippen molar-refractivity contribution in [1.29, 1.82) is 0 Å². The molecule has 0 aromatic rings. The molecule has 0 spiro atoms. The van der Waals surface area contributed by atoms with Crippen molar-refractivity contribution in [2.24, 2.45) is 5.73 Å². The summed E-state index contributed by atoms with van der Waals surface area (Å²) < 4.78 is 0. The molecule has 3 nitrogen and oxygen atoms in total. The second-order valence-corrected chi connectivity index (χ2v) is 3.32. The Labute approximate surface area is 68.6 Å². The smallest absolute Gasteiger partial charge is 0.222 e. The van der Waals surface area contributed by atoms with E-state index in [1.807, 2.05) is 20.8 Å². The molecule has 0 aromatic heterocycles. The summed E-state index contributed by atoms with van der Waals surface area (Å²) in [5, 5.41) is 0. The summed E-state index contributed by atoms with van der Waals surface area (Å²) in [5.41, 5.74) is 5.29. The molecule has 11 heavy (non-hydrogen) atoms. The van der Waals surface area contributed by atoms with Crippen LogP contribution in [-0.4, -0.2) is 29.9 Å². The fourth-order valence-corrected chi connectivity index (χ4v) is 0.712. The van der Waals surface area contributed by atoms with Crippen molar-refractivity contribution in [1.82, 2.24) is 4.90 Å². The minimum Gasteiger partial charge on any atom is -0.339 e. The second kappa shape index (κ2) is 3.72. The topological polar surface area (TPSA) is 46.3 Å². The Morgan fingerprint density at radius 1 is 1.55 bits per heavy atom. The van der Waals surface area contributed by atoms with Gasteiger partial charge in [-0.25, -0.2) is 0 Å². The van der Waals surface area contributed by atoms with Crippen molar-refractivity contribution < 1.29 is 4.79 Å². The van der Waals surface area contributed by atoms with Crippen molar-refractivity contribution in [3.63, 3.8) is 0 Å². The van der Waals surface area contributed by atoms with E-state index in [1.165, 1.54) is 0 Å². The standard InChI is InChI=1S/C8H18N2O/c1-5-7(11)10(4)8(2,3)6-9/h5-6,9H2,1-4H3. The van der Waals surface area contributed by atoms with E-state index in [9.17, 15) is 4.79 Å². The molecule has 0 heterocycles. The first-order chi connectivity index (χ1) is 4.95. The highest BCUT2D eigenvalue weighted by molar-refractivity contribution is 5.76. The first kappa shape index (κ1) is 10.4. The summed E-state index contributed by atoms with van der Waals surface area (Å²) in [6, 6.07) is 0. The van der Waals surface area contributed by atoms with Crippen LogP contribution in [0.25, 0.3) is 0 Å². The molecule has 0 radical (unpaired) electrons. The van der Waals surface area contributed by atoms with Crippen LogP contribution in [0.3, 0.4) is 0 Å². The van der Waals surface area contributed by atoms with Gasteiger partial charge in [-0.2, -0.15) is 0 Å². The van der Waals surface area contributed by atoms with E-state index in [2.05, 4.69) is 0 Å². The molecule has 1 amide bonds. The molecule has 0 atom stereocenters. The van der Waals surface area contributed by atoms with E-state index in [-0.39, 0.29) is 11.4 Å². The molecule has 0 aliphatic rings. The van der Waals surface area contributed by atoms with E-state index in [1.54, 1.807) is 11.9 Å². The average molecular weight is 158 g/mol. The number of hydrogen-bond acceptors (Lipinski definition) is 2. The zero-order valence-electron chi connectivity index (χ0n) is 7.85. The Morgan fingerprint density at radius 2 is 2.00 bits per heavy atom. The van der Waals surface area contributed by atoms with Crippen LogP contribution in [0.4, 0.5) is 0 Å². The molecule has 0 fully saturated rings. The molecule has 0 bridgehead atoms. The predicted molar refractivity (Wildman–Crippen MR) is 46.2 cm³/mol. The molecule has 0 aliphatic carbocycles. The quantitative estimate of drug-likeness (QED) is 0.653. The Balaban J connectivity index is 4.22. The number of likely N-dealkylation sites (N-methyl/N-ethyl adjacent to an activating group) is 1. The zero-order valence-corrected chi connectivity index (χ0v) is 7.85. The third-order valence-electron chi connectivity index (χ3n) is 2.08. The van der Waals surface area contributed by atoms with Gasteiger partial charge in [0.15, 0.2) is 0 Å². The maximum absolute atomic E-state index is 11.2. The average Bonchev–Trinajstić information content (AvgIpc) is 2.01. The number of nitrogens with zero attached hydrogens (tertiary/aromatic N) is 1. The molecule has 0 saturated heterocycles. The summed E-state index contributed by atoms with van der Waals surface area (Å²) in [6.07, 6.45) is 0.542. The lowest BCUT2D eigenvalue weighted by molar-refractivity contribution is -0.133. The lowest BCUT2D eigenvalue weighted by Gasteiger charge is -2.34. The van der Waals surface area contributed by atoms with Gasteiger partial charge in [0.2, 0.25) is 5.91 Å². The zero-order chi connectivity index (χ0) is 9.07. The second-order valence-electron chi connectivity index (χ2n) is 3.32. The first-order valence-electron chi connectivity index (χ1n) is 3.92. The van der Waals surface area contributed by atoms with E-state index < -0.39 is 0 Å². The summed E-state index contributed by atoms with van der Waals surface area (Å²) in [4.78, 5) is 12.9. The SMILES string of the molecule is CCC(=O)N(C)C(C)(C)CN. The molecule has 0 unspecified atom stereocenters.